The number of morpholine rings is 1. The first-order chi connectivity index (χ1) is 10.3. The van der Waals surface area contributed by atoms with Gasteiger partial charge in [0.15, 0.2) is 0 Å². The number of rotatable bonds is 6. The highest BCUT2D eigenvalue weighted by Crippen LogP contribution is 2.14. The maximum absolute atomic E-state index is 12.0. The molecular formula is C13H21F3N4O2. The standard InChI is InChI=1S/C13H21F3N4O2/c1-10-17-11(2)20(18-10)8-12-7-19(4-6-22-12)3-5-21-9-13(14,15)16/h12H,3-9H2,1-2H3/t12-/m1/s1. The van der Waals surface area contributed by atoms with Crippen LogP contribution in [0.1, 0.15) is 11.6 Å². The second-order valence-corrected chi connectivity index (χ2v) is 5.35. The fraction of sp³-hybridized carbons (Fsp3) is 0.846. The second-order valence-electron chi connectivity index (χ2n) is 5.35. The summed E-state index contributed by atoms with van der Waals surface area (Å²) in [4.78, 5) is 6.28. The molecule has 0 N–H and O–H groups in total. The molecule has 0 bridgehead atoms. The summed E-state index contributed by atoms with van der Waals surface area (Å²) in [5, 5.41) is 4.29. The average molecular weight is 322 g/mol. The number of alkyl halides is 3. The minimum Gasteiger partial charge on any atom is -0.374 e. The average Bonchev–Trinajstić information content (AvgIpc) is 2.72. The second kappa shape index (κ2) is 7.38. The summed E-state index contributed by atoms with van der Waals surface area (Å²) in [6, 6.07) is 0. The topological polar surface area (TPSA) is 52.4 Å². The minimum atomic E-state index is -4.27. The molecule has 0 aliphatic carbocycles. The molecule has 1 aromatic heterocycles. The number of ether oxygens (including phenoxy) is 2. The van der Waals surface area contributed by atoms with Crippen molar-refractivity contribution >= 4 is 0 Å². The Morgan fingerprint density at radius 2 is 2.14 bits per heavy atom. The van der Waals surface area contributed by atoms with Crippen LogP contribution < -0.4 is 0 Å². The predicted octanol–water partition coefficient (Wildman–Crippen LogP) is 1.17. The van der Waals surface area contributed by atoms with E-state index in [0.717, 1.165) is 5.82 Å². The summed E-state index contributed by atoms with van der Waals surface area (Å²) in [7, 11) is 0. The van der Waals surface area contributed by atoms with E-state index < -0.39 is 12.8 Å². The van der Waals surface area contributed by atoms with Gasteiger partial charge in [0.2, 0.25) is 0 Å². The van der Waals surface area contributed by atoms with E-state index in [9.17, 15) is 13.2 Å². The molecule has 126 valence electrons. The number of aromatic nitrogens is 3. The van der Waals surface area contributed by atoms with Crippen LogP contribution >= 0.6 is 0 Å². The van der Waals surface area contributed by atoms with Crippen LogP contribution in [0.25, 0.3) is 0 Å². The quantitative estimate of drug-likeness (QED) is 0.736. The van der Waals surface area contributed by atoms with Crippen molar-refractivity contribution in [3.63, 3.8) is 0 Å². The molecule has 2 rings (SSSR count). The first-order valence-electron chi connectivity index (χ1n) is 7.20. The highest BCUT2D eigenvalue weighted by Gasteiger charge is 2.27. The summed E-state index contributed by atoms with van der Waals surface area (Å²) < 4.78 is 48.1. The molecule has 9 heteroatoms. The van der Waals surface area contributed by atoms with Gasteiger partial charge in [0.25, 0.3) is 0 Å². The highest BCUT2D eigenvalue weighted by atomic mass is 19.4. The number of hydrogen-bond donors (Lipinski definition) is 0. The van der Waals surface area contributed by atoms with Gasteiger partial charge in [-0.3, -0.25) is 4.90 Å². The van der Waals surface area contributed by atoms with Crippen molar-refractivity contribution in [2.24, 2.45) is 0 Å². The molecule has 0 radical (unpaired) electrons. The summed E-state index contributed by atoms with van der Waals surface area (Å²) in [5.74, 6) is 1.54. The summed E-state index contributed by atoms with van der Waals surface area (Å²) >= 11 is 0. The molecule has 1 aliphatic rings. The Bertz CT molecular complexity index is 478. The van der Waals surface area contributed by atoms with Gasteiger partial charge in [-0.2, -0.15) is 18.3 Å². The van der Waals surface area contributed by atoms with Gasteiger partial charge in [-0.05, 0) is 13.8 Å². The molecule has 2 heterocycles. The highest BCUT2D eigenvalue weighted by molar-refractivity contribution is 4.88. The zero-order chi connectivity index (χ0) is 16.2. The van der Waals surface area contributed by atoms with Gasteiger partial charge < -0.3 is 9.47 Å². The first kappa shape index (κ1) is 17.2. The molecular weight excluding hydrogens is 301 g/mol. The zero-order valence-corrected chi connectivity index (χ0v) is 12.8. The van der Waals surface area contributed by atoms with Crippen LogP contribution in [0.2, 0.25) is 0 Å². The van der Waals surface area contributed by atoms with Gasteiger partial charge in [-0.15, -0.1) is 0 Å². The molecule has 0 amide bonds. The third-order valence-corrected chi connectivity index (χ3v) is 3.38. The van der Waals surface area contributed by atoms with Gasteiger partial charge >= 0.3 is 6.18 Å². The molecule has 6 nitrogen and oxygen atoms in total. The smallest absolute Gasteiger partial charge is 0.374 e. The third kappa shape index (κ3) is 5.54. The van der Waals surface area contributed by atoms with E-state index in [0.29, 0.717) is 38.6 Å². The molecule has 0 spiro atoms. The van der Waals surface area contributed by atoms with Crippen molar-refractivity contribution in [2.75, 3.05) is 39.5 Å². The van der Waals surface area contributed by atoms with Crippen molar-refractivity contribution in [3.8, 4) is 0 Å². The maximum Gasteiger partial charge on any atom is 0.411 e. The number of hydrogen-bond acceptors (Lipinski definition) is 5. The van der Waals surface area contributed by atoms with Crippen LogP contribution in [0.15, 0.2) is 0 Å². The Kier molecular flexibility index (Phi) is 5.76. The van der Waals surface area contributed by atoms with Crippen LogP contribution in [0.5, 0.6) is 0 Å². The van der Waals surface area contributed by atoms with Crippen molar-refractivity contribution < 1.29 is 22.6 Å². The lowest BCUT2D eigenvalue weighted by Gasteiger charge is -2.32. The Morgan fingerprint density at radius 1 is 1.36 bits per heavy atom. The molecule has 1 saturated heterocycles. The lowest BCUT2D eigenvalue weighted by molar-refractivity contribution is -0.175. The van der Waals surface area contributed by atoms with E-state index in [4.69, 9.17) is 4.74 Å². The monoisotopic (exact) mass is 322 g/mol. The molecule has 0 saturated carbocycles. The van der Waals surface area contributed by atoms with Crippen LogP contribution in [0.3, 0.4) is 0 Å². The zero-order valence-electron chi connectivity index (χ0n) is 12.8. The molecule has 1 aliphatic heterocycles. The fourth-order valence-electron chi connectivity index (χ4n) is 2.40. The Morgan fingerprint density at radius 3 is 2.77 bits per heavy atom. The maximum atomic E-state index is 12.0. The van der Waals surface area contributed by atoms with Crippen LogP contribution in [-0.4, -0.2) is 71.4 Å². The van der Waals surface area contributed by atoms with E-state index in [1.165, 1.54) is 0 Å². The van der Waals surface area contributed by atoms with Gasteiger partial charge in [0.1, 0.15) is 18.3 Å². The van der Waals surface area contributed by atoms with Crippen molar-refractivity contribution in [2.45, 2.75) is 32.7 Å². The van der Waals surface area contributed by atoms with E-state index in [-0.39, 0.29) is 12.7 Å². The molecule has 1 fully saturated rings. The van der Waals surface area contributed by atoms with Gasteiger partial charge in [-0.1, -0.05) is 0 Å². The molecule has 22 heavy (non-hydrogen) atoms. The van der Waals surface area contributed by atoms with Crippen molar-refractivity contribution in [1.29, 1.82) is 0 Å². The number of halogens is 3. The van der Waals surface area contributed by atoms with Gasteiger partial charge in [0.05, 0.1) is 25.9 Å². The van der Waals surface area contributed by atoms with Gasteiger partial charge in [-0.25, -0.2) is 9.67 Å². The lowest BCUT2D eigenvalue weighted by Crippen LogP contribution is -2.45. The fourth-order valence-corrected chi connectivity index (χ4v) is 2.40. The summed E-state index contributed by atoms with van der Waals surface area (Å²) in [5.41, 5.74) is 0. The van der Waals surface area contributed by atoms with E-state index in [1.807, 2.05) is 18.7 Å². The molecule has 0 aromatic carbocycles. The number of aryl methyl sites for hydroxylation is 2. The Balaban J connectivity index is 1.73. The SMILES string of the molecule is Cc1nc(C)n(C[C@H]2CN(CCOCC(F)(F)F)CCO2)n1. The van der Waals surface area contributed by atoms with Crippen molar-refractivity contribution in [3.05, 3.63) is 11.6 Å². The van der Waals surface area contributed by atoms with E-state index in [2.05, 4.69) is 14.8 Å². The third-order valence-electron chi connectivity index (χ3n) is 3.38. The lowest BCUT2D eigenvalue weighted by atomic mass is 10.2. The molecule has 0 unspecified atom stereocenters. The first-order valence-corrected chi connectivity index (χ1v) is 7.20. The van der Waals surface area contributed by atoms with Crippen LogP contribution in [-0.2, 0) is 16.0 Å². The largest absolute Gasteiger partial charge is 0.411 e. The Hall–Kier alpha value is -1.19. The normalized spacial score (nSPS) is 20.5. The molecule has 1 atom stereocenters. The minimum absolute atomic E-state index is 0.0452. The summed E-state index contributed by atoms with van der Waals surface area (Å²) in [6.45, 7) is 5.52. The van der Waals surface area contributed by atoms with Gasteiger partial charge in [0, 0.05) is 19.6 Å². The molecule has 1 aromatic rings. The van der Waals surface area contributed by atoms with Crippen LogP contribution in [0.4, 0.5) is 13.2 Å². The number of nitrogens with zero attached hydrogens (tertiary/aromatic N) is 4. The van der Waals surface area contributed by atoms with E-state index >= 15 is 0 Å². The van der Waals surface area contributed by atoms with Crippen molar-refractivity contribution in [1.82, 2.24) is 19.7 Å². The Labute approximate surface area is 127 Å². The predicted molar refractivity (Wildman–Crippen MR) is 72.6 cm³/mol. The van der Waals surface area contributed by atoms with E-state index in [1.54, 1.807) is 4.68 Å². The summed E-state index contributed by atoms with van der Waals surface area (Å²) in [6.07, 6.45) is -4.31. The van der Waals surface area contributed by atoms with Crippen LogP contribution in [0, 0.1) is 13.8 Å².